The molecule has 0 radical (unpaired) electrons. The number of amides is 1. The zero-order valence-electron chi connectivity index (χ0n) is 17.7. The predicted molar refractivity (Wildman–Crippen MR) is 116 cm³/mol. The molecule has 1 amide bonds. The summed E-state index contributed by atoms with van der Waals surface area (Å²) in [6.45, 7) is 2.20. The van der Waals surface area contributed by atoms with Gasteiger partial charge in [0.2, 0.25) is 15.9 Å². The fourth-order valence-electron chi connectivity index (χ4n) is 2.74. The summed E-state index contributed by atoms with van der Waals surface area (Å²) >= 11 is 0. The van der Waals surface area contributed by atoms with Crippen molar-refractivity contribution in [3.63, 3.8) is 0 Å². The highest BCUT2D eigenvalue weighted by atomic mass is 32.2. The van der Waals surface area contributed by atoms with Crippen LogP contribution in [0.2, 0.25) is 0 Å². The SMILES string of the molecule is CCc1ccc(OCCNC(=O)CN(c2ccc(OC)cc2OC)S(C)(=O)=O)cc1. The van der Waals surface area contributed by atoms with Gasteiger partial charge in [-0.15, -0.1) is 0 Å². The highest BCUT2D eigenvalue weighted by Crippen LogP contribution is 2.33. The number of sulfonamides is 1. The van der Waals surface area contributed by atoms with Crippen molar-refractivity contribution in [2.24, 2.45) is 0 Å². The standard InChI is InChI=1S/C21H28N2O6S/c1-5-16-6-8-17(9-7-16)29-13-12-22-21(24)15-23(30(4,25)26)19-11-10-18(27-2)14-20(19)28-3/h6-11,14H,5,12-13,15H2,1-4H3,(H,22,24). The first-order valence-corrected chi connectivity index (χ1v) is 11.3. The van der Waals surface area contributed by atoms with E-state index >= 15 is 0 Å². The van der Waals surface area contributed by atoms with Crippen molar-refractivity contribution in [2.75, 3.05) is 44.5 Å². The molecule has 0 saturated heterocycles. The molecule has 1 N–H and O–H groups in total. The van der Waals surface area contributed by atoms with Crippen molar-refractivity contribution in [3.05, 3.63) is 48.0 Å². The molecule has 2 aromatic rings. The van der Waals surface area contributed by atoms with Gasteiger partial charge < -0.3 is 19.5 Å². The Morgan fingerprint density at radius 3 is 2.27 bits per heavy atom. The van der Waals surface area contributed by atoms with Crippen LogP contribution < -0.4 is 23.8 Å². The van der Waals surface area contributed by atoms with Gasteiger partial charge in [-0.05, 0) is 36.2 Å². The third-order valence-corrected chi connectivity index (χ3v) is 5.49. The maximum atomic E-state index is 12.4. The lowest BCUT2D eigenvalue weighted by atomic mass is 10.2. The summed E-state index contributed by atoms with van der Waals surface area (Å²) in [4.78, 5) is 12.4. The third-order valence-electron chi connectivity index (χ3n) is 4.37. The van der Waals surface area contributed by atoms with Gasteiger partial charge in [0, 0.05) is 6.07 Å². The number of nitrogens with zero attached hydrogens (tertiary/aromatic N) is 1. The maximum absolute atomic E-state index is 12.4. The lowest BCUT2D eigenvalue weighted by Crippen LogP contribution is -2.41. The van der Waals surface area contributed by atoms with Crippen molar-refractivity contribution in [3.8, 4) is 17.2 Å². The minimum Gasteiger partial charge on any atom is -0.497 e. The van der Waals surface area contributed by atoms with Crippen LogP contribution in [0.15, 0.2) is 42.5 Å². The van der Waals surface area contributed by atoms with E-state index < -0.39 is 15.9 Å². The molecular formula is C21H28N2O6S. The van der Waals surface area contributed by atoms with E-state index in [-0.39, 0.29) is 31.1 Å². The van der Waals surface area contributed by atoms with Crippen LogP contribution in [0.25, 0.3) is 0 Å². The predicted octanol–water partition coefficient (Wildman–Crippen LogP) is 2.23. The number of rotatable bonds is 11. The summed E-state index contributed by atoms with van der Waals surface area (Å²) in [6.07, 6.45) is 1.99. The molecule has 0 aliphatic heterocycles. The number of benzene rings is 2. The fraction of sp³-hybridized carbons (Fsp3) is 0.381. The number of aryl methyl sites for hydroxylation is 1. The molecule has 0 aromatic heterocycles. The maximum Gasteiger partial charge on any atom is 0.240 e. The monoisotopic (exact) mass is 436 g/mol. The van der Waals surface area contributed by atoms with Crippen molar-refractivity contribution < 1.29 is 27.4 Å². The Hall–Kier alpha value is -2.94. The molecule has 0 saturated carbocycles. The van der Waals surface area contributed by atoms with E-state index in [0.717, 1.165) is 17.0 Å². The molecule has 2 aromatic carbocycles. The number of nitrogens with one attached hydrogen (secondary N) is 1. The van der Waals surface area contributed by atoms with Crippen molar-refractivity contribution in [1.29, 1.82) is 0 Å². The van der Waals surface area contributed by atoms with E-state index in [2.05, 4.69) is 12.2 Å². The van der Waals surface area contributed by atoms with Crippen LogP contribution in [0.5, 0.6) is 17.2 Å². The highest BCUT2D eigenvalue weighted by Gasteiger charge is 2.24. The summed E-state index contributed by atoms with van der Waals surface area (Å²) in [5.41, 5.74) is 1.47. The molecule has 0 aliphatic rings. The molecule has 0 unspecified atom stereocenters. The van der Waals surface area contributed by atoms with Gasteiger partial charge in [-0.25, -0.2) is 8.42 Å². The smallest absolute Gasteiger partial charge is 0.240 e. The molecule has 164 valence electrons. The molecule has 0 atom stereocenters. The molecule has 0 aliphatic carbocycles. The van der Waals surface area contributed by atoms with Crippen LogP contribution in [0, 0.1) is 0 Å². The second kappa shape index (κ2) is 10.7. The van der Waals surface area contributed by atoms with E-state index in [1.807, 2.05) is 24.3 Å². The Balaban J connectivity index is 1.97. The lowest BCUT2D eigenvalue weighted by molar-refractivity contribution is -0.119. The van der Waals surface area contributed by atoms with Crippen LogP contribution in [-0.2, 0) is 21.2 Å². The van der Waals surface area contributed by atoms with Crippen molar-refractivity contribution in [1.82, 2.24) is 5.32 Å². The highest BCUT2D eigenvalue weighted by molar-refractivity contribution is 7.92. The van der Waals surface area contributed by atoms with Gasteiger partial charge in [-0.2, -0.15) is 0 Å². The van der Waals surface area contributed by atoms with Crippen LogP contribution in [0.4, 0.5) is 5.69 Å². The number of carbonyl (C=O) groups excluding carboxylic acids is 1. The van der Waals surface area contributed by atoms with Crippen molar-refractivity contribution in [2.45, 2.75) is 13.3 Å². The van der Waals surface area contributed by atoms with Crippen LogP contribution in [0.1, 0.15) is 12.5 Å². The van der Waals surface area contributed by atoms with Crippen molar-refractivity contribution >= 4 is 21.6 Å². The van der Waals surface area contributed by atoms with E-state index in [0.29, 0.717) is 11.5 Å². The Kier molecular flexibility index (Phi) is 8.35. The molecule has 0 spiro atoms. The van der Waals surface area contributed by atoms with Gasteiger partial charge in [0.15, 0.2) is 0 Å². The van der Waals surface area contributed by atoms with E-state index in [9.17, 15) is 13.2 Å². The molecule has 30 heavy (non-hydrogen) atoms. The number of methoxy groups -OCH3 is 2. The first kappa shape index (κ1) is 23.3. The lowest BCUT2D eigenvalue weighted by Gasteiger charge is -2.24. The van der Waals surface area contributed by atoms with Gasteiger partial charge in [0.1, 0.15) is 30.4 Å². The molecule has 8 nitrogen and oxygen atoms in total. The van der Waals surface area contributed by atoms with Gasteiger partial charge in [-0.1, -0.05) is 19.1 Å². The summed E-state index contributed by atoms with van der Waals surface area (Å²) in [7, 11) is -0.809. The van der Waals surface area contributed by atoms with E-state index in [1.165, 1.54) is 25.8 Å². The molecule has 9 heteroatoms. The van der Waals surface area contributed by atoms with Gasteiger partial charge >= 0.3 is 0 Å². The first-order valence-electron chi connectivity index (χ1n) is 9.46. The molecular weight excluding hydrogens is 408 g/mol. The number of carbonyl (C=O) groups is 1. The second-order valence-electron chi connectivity index (χ2n) is 6.50. The number of hydrogen-bond acceptors (Lipinski definition) is 6. The first-order chi connectivity index (χ1) is 14.3. The fourth-order valence-corrected chi connectivity index (χ4v) is 3.60. The van der Waals surface area contributed by atoms with Gasteiger partial charge in [0.25, 0.3) is 0 Å². The molecule has 0 bridgehead atoms. The number of anilines is 1. The summed E-state index contributed by atoms with van der Waals surface area (Å²) < 4.78 is 41.6. The zero-order valence-corrected chi connectivity index (χ0v) is 18.5. The Bertz CT molecular complexity index is 944. The van der Waals surface area contributed by atoms with E-state index in [1.54, 1.807) is 12.1 Å². The second-order valence-corrected chi connectivity index (χ2v) is 8.41. The molecule has 0 heterocycles. The Morgan fingerprint density at radius 1 is 1.03 bits per heavy atom. The number of hydrogen-bond donors (Lipinski definition) is 1. The number of ether oxygens (including phenoxy) is 3. The summed E-state index contributed by atoms with van der Waals surface area (Å²) in [5, 5.41) is 2.67. The Morgan fingerprint density at radius 2 is 1.70 bits per heavy atom. The van der Waals surface area contributed by atoms with Crippen LogP contribution >= 0.6 is 0 Å². The van der Waals surface area contributed by atoms with E-state index in [4.69, 9.17) is 14.2 Å². The summed E-state index contributed by atoms with van der Waals surface area (Å²) in [6, 6.07) is 12.4. The normalized spacial score (nSPS) is 10.9. The topological polar surface area (TPSA) is 94.2 Å². The minimum absolute atomic E-state index is 0.242. The van der Waals surface area contributed by atoms with Crippen LogP contribution in [0.3, 0.4) is 0 Å². The molecule has 2 rings (SSSR count). The average Bonchev–Trinajstić information content (AvgIpc) is 2.74. The zero-order chi connectivity index (χ0) is 22.1. The quantitative estimate of drug-likeness (QED) is 0.543. The average molecular weight is 437 g/mol. The largest absolute Gasteiger partial charge is 0.497 e. The van der Waals surface area contributed by atoms with Gasteiger partial charge in [0.05, 0.1) is 32.7 Å². The Labute approximate surface area is 177 Å². The van der Waals surface area contributed by atoms with Gasteiger partial charge in [-0.3, -0.25) is 9.10 Å². The summed E-state index contributed by atoms with van der Waals surface area (Å²) in [5.74, 6) is 1.05. The van der Waals surface area contributed by atoms with Crippen LogP contribution in [-0.4, -0.2) is 54.5 Å². The third kappa shape index (κ3) is 6.55. The molecule has 0 fully saturated rings. The minimum atomic E-state index is -3.73.